The van der Waals surface area contributed by atoms with Gasteiger partial charge < -0.3 is 4.74 Å². The number of thiophene rings is 1. The molecule has 0 spiro atoms. The van der Waals surface area contributed by atoms with Crippen LogP contribution in [0.15, 0.2) is 15.9 Å². The minimum Gasteiger partial charge on any atom is -0.383 e. The van der Waals surface area contributed by atoms with E-state index in [1.807, 2.05) is 6.07 Å². The summed E-state index contributed by atoms with van der Waals surface area (Å²) in [6, 6.07) is 4.32. The van der Waals surface area contributed by atoms with E-state index in [2.05, 4.69) is 27.4 Å². The highest BCUT2D eigenvalue weighted by atomic mass is 79.9. The third-order valence-corrected chi connectivity index (χ3v) is 3.33. The van der Waals surface area contributed by atoms with E-state index in [1.54, 1.807) is 18.4 Å². The Balaban J connectivity index is 2.46. The van der Waals surface area contributed by atoms with E-state index in [0.717, 1.165) is 10.2 Å². The van der Waals surface area contributed by atoms with E-state index in [4.69, 9.17) is 10.6 Å². The van der Waals surface area contributed by atoms with Gasteiger partial charge in [-0.2, -0.15) is 0 Å². The van der Waals surface area contributed by atoms with Gasteiger partial charge in [-0.25, -0.2) is 0 Å². The monoisotopic (exact) mass is 264 g/mol. The number of nitrogens with two attached hydrogens (primary N) is 1. The van der Waals surface area contributed by atoms with Crippen molar-refractivity contribution >= 4 is 27.3 Å². The molecule has 1 rings (SSSR count). The Hall–Kier alpha value is 0.0600. The van der Waals surface area contributed by atoms with E-state index in [9.17, 15) is 0 Å². The molecule has 3 nitrogen and oxygen atoms in total. The van der Waals surface area contributed by atoms with Crippen LogP contribution in [0.5, 0.6) is 0 Å². The lowest BCUT2D eigenvalue weighted by atomic mass is 10.2. The Bertz CT molecular complexity index is 254. The van der Waals surface area contributed by atoms with Gasteiger partial charge in [0, 0.05) is 24.4 Å². The molecule has 0 fully saturated rings. The molecule has 0 aromatic carbocycles. The number of methoxy groups -OCH3 is 1. The van der Waals surface area contributed by atoms with Gasteiger partial charge >= 0.3 is 0 Å². The van der Waals surface area contributed by atoms with E-state index in [-0.39, 0.29) is 6.04 Å². The van der Waals surface area contributed by atoms with Crippen molar-refractivity contribution in [2.75, 3.05) is 13.7 Å². The topological polar surface area (TPSA) is 47.3 Å². The zero-order valence-corrected chi connectivity index (χ0v) is 9.82. The largest absolute Gasteiger partial charge is 0.383 e. The van der Waals surface area contributed by atoms with Gasteiger partial charge in [0.05, 0.1) is 10.4 Å². The van der Waals surface area contributed by atoms with Crippen LogP contribution in [0.4, 0.5) is 0 Å². The smallest absolute Gasteiger partial charge is 0.0701 e. The summed E-state index contributed by atoms with van der Waals surface area (Å²) >= 11 is 5.14. The summed E-state index contributed by atoms with van der Waals surface area (Å²) in [6.07, 6.45) is 0.903. The van der Waals surface area contributed by atoms with Crippen LogP contribution in [0.3, 0.4) is 0 Å². The number of hydrogen-bond donors (Lipinski definition) is 2. The van der Waals surface area contributed by atoms with Gasteiger partial charge in [0.15, 0.2) is 0 Å². The van der Waals surface area contributed by atoms with Crippen LogP contribution in [0, 0.1) is 0 Å². The Kier molecular flexibility index (Phi) is 4.90. The summed E-state index contributed by atoms with van der Waals surface area (Å²) < 4.78 is 6.17. The third kappa shape index (κ3) is 3.74. The Morgan fingerprint density at radius 3 is 2.92 bits per heavy atom. The van der Waals surface area contributed by atoms with Gasteiger partial charge in [-0.3, -0.25) is 11.3 Å². The average molecular weight is 265 g/mol. The highest BCUT2D eigenvalue weighted by Crippen LogP contribution is 2.22. The number of nitrogens with one attached hydrogen (secondary N) is 1. The lowest BCUT2D eigenvalue weighted by Gasteiger charge is -2.12. The first-order valence-electron chi connectivity index (χ1n) is 3.95. The maximum absolute atomic E-state index is 5.38. The van der Waals surface area contributed by atoms with Crippen molar-refractivity contribution < 1.29 is 4.74 Å². The molecule has 0 saturated heterocycles. The molecule has 0 aliphatic rings. The molecule has 1 unspecified atom stereocenters. The summed E-state index contributed by atoms with van der Waals surface area (Å²) in [7, 11) is 1.68. The zero-order chi connectivity index (χ0) is 9.68. The molecule has 0 saturated carbocycles. The molecule has 74 valence electrons. The molecule has 0 radical (unpaired) electrons. The van der Waals surface area contributed by atoms with Crippen LogP contribution in [-0.4, -0.2) is 19.8 Å². The van der Waals surface area contributed by atoms with E-state index in [0.29, 0.717) is 6.61 Å². The summed E-state index contributed by atoms with van der Waals surface area (Å²) in [6.45, 7) is 0.631. The number of hydrogen-bond acceptors (Lipinski definition) is 4. The second-order valence-corrected chi connectivity index (χ2v) is 5.28. The molecule has 1 heterocycles. The number of hydrazine groups is 1. The Morgan fingerprint density at radius 2 is 2.46 bits per heavy atom. The maximum atomic E-state index is 5.38. The normalized spacial score (nSPS) is 13.2. The highest BCUT2D eigenvalue weighted by Gasteiger charge is 2.08. The first kappa shape index (κ1) is 11.1. The molecule has 3 N–H and O–H groups in total. The summed E-state index contributed by atoms with van der Waals surface area (Å²) in [5.74, 6) is 5.38. The molecule has 0 aliphatic heterocycles. The van der Waals surface area contributed by atoms with Crippen molar-refractivity contribution in [1.82, 2.24) is 5.43 Å². The fourth-order valence-corrected chi connectivity index (χ4v) is 2.63. The summed E-state index contributed by atoms with van der Waals surface area (Å²) in [5, 5.41) is 0. The van der Waals surface area contributed by atoms with E-state index < -0.39 is 0 Å². The molecule has 0 bridgehead atoms. The second-order valence-electron chi connectivity index (χ2n) is 2.73. The lowest BCUT2D eigenvalue weighted by molar-refractivity contribution is 0.166. The van der Waals surface area contributed by atoms with Crippen molar-refractivity contribution in [3.05, 3.63) is 20.8 Å². The molecule has 1 aromatic heterocycles. The maximum Gasteiger partial charge on any atom is 0.0701 e. The average Bonchev–Trinajstić information content (AvgIpc) is 2.50. The van der Waals surface area contributed by atoms with Crippen molar-refractivity contribution in [2.45, 2.75) is 12.5 Å². The third-order valence-electron chi connectivity index (χ3n) is 1.68. The predicted octanol–water partition coefficient (Wildman–Crippen LogP) is 1.53. The van der Waals surface area contributed by atoms with Crippen molar-refractivity contribution in [3.63, 3.8) is 0 Å². The molecular weight excluding hydrogens is 252 g/mol. The van der Waals surface area contributed by atoms with Crippen molar-refractivity contribution in [2.24, 2.45) is 5.84 Å². The van der Waals surface area contributed by atoms with Gasteiger partial charge in [-0.1, -0.05) is 0 Å². The first-order chi connectivity index (χ1) is 6.26. The molecule has 5 heteroatoms. The van der Waals surface area contributed by atoms with Gasteiger partial charge in [0.25, 0.3) is 0 Å². The van der Waals surface area contributed by atoms with Gasteiger partial charge in [-0.15, -0.1) is 11.3 Å². The number of ether oxygens (including phenoxy) is 1. The summed E-state index contributed by atoms with van der Waals surface area (Å²) in [4.78, 5) is 1.30. The molecule has 0 amide bonds. The lowest BCUT2D eigenvalue weighted by Crippen LogP contribution is -2.39. The second kappa shape index (κ2) is 5.72. The Labute approximate surface area is 90.4 Å². The SMILES string of the molecule is COCC(Cc1ccc(Br)s1)NN. The molecule has 1 atom stereocenters. The van der Waals surface area contributed by atoms with Crippen LogP contribution in [0.25, 0.3) is 0 Å². The minimum atomic E-state index is 0.190. The van der Waals surface area contributed by atoms with Crippen LogP contribution in [0.1, 0.15) is 4.88 Å². The van der Waals surface area contributed by atoms with E-state index >= 15 is 0 Å². The van der Waals surface area contributed by atoms with Crippen LogP contribution in [0.2, 0.25) is 0 Å². The predicted molar refractivity (Wildman–Crippen MR) is 58.7 cm³/mol. The van der Waals surface area contributed by atoms with E-state index in [1.165, 1.54) is 4.88 Å². The number of halogens is 1. The fourth-order valence-electron chi connectivity index (χ4n) is 1.07. The molecule has 1 aromatic rings. The van der Waals surface area contributed by atoms with Crippen LogP contribution >= 0.6 is 27.3 Å². The zero-order valence-electron chi connectivity index (χ0n) is 7.42. The van der Waals surface area contributed by atoms with Crippen molar-refractivity contribution in [3.8, 4) is 0 Å². The van der Waals surface area contributed by atoms with Crippen LogP contribution < -0.4 is 11.3 Å². The van der Waals surface area contributed by atoms with Gasteiger partial charge in [0.2, 0.25) is 0 Å². The molecular formula is C8H13BrN2OS. The highest BCUT2D eigenvalue weighted by molar-refractivity contribution is 9.11. The molecule has 0 aliphatic carbocycles. The standard InChI is InChI=1S/C8H13BrN2OS/c1-12-5-6(11-10)4-7-2-3-8(9)13-7/h2-3,6,11H,4-5,10H2,1H3. The first-order valence-corrected chi connectivity index (χ1v) is 5.56. The van der Waals surface area contributed by atoms with Gasteiger partial charge in [0.1, 0.15) is 0 Å². The summed E-state index contributed by atoms with van der Waals surface area (Å²) in [5.41, 5.74) is 2.73. The minimum absolute atomic E-state index is 0.190. The quantitative estimate of drug-likeness (QED) is 0.627. The van der Waals surface area contributed by atoms with Crippen molar-refractivity contribution in [1.29, 1.82) is 0 Å². The number of rotatable bonds is 5. The fraction of sp³-hybridized carbons (Fsp3) is 0.500. The molecule has 13 heavy (non-hydrogen) atoms. The van der Waals surface area contributed by atoms with Gasteiger partial charge in [-0.05, 0) is 28.1 Å². The Morgan fingerprint density at radius 1 is 1.69 bits per heavy atom. The van der Waals surface area contributed by atoms with Crippen LogP contribution in [-0.2, 0) is 11.2 Å².